The summed E-state index contributed by atoms with van der Waals surface area (Å²) < 4.78 is 5.00. The van der Waals surface area contributed by atoms with Crippen LogP contribution in [0.4, 0.5) is 0 Å². The van der Waals surface area contributed by atoms with E-state index in [0.717, 1.165) is 13.1 Å². The SMILES string of the molecule is CC(NC(=O)c1ccco1)C(=O)N1CCNC[C@@H]1C. The molecule has 0 aliphatic carbocycles. The summed E-state index contributed by atoms with van der Waals surface area (Å²) >= 11 is 0. The number of hydrogen-bond donors (Lipinski definition) is 2. The van der Waals surface area contributed by atoms with Gasteiger partial charge in [0.1, 0.15) is 6.04 Å². The summed E-state index contributed by atoms with van der Waals surface area (Å²) in [4.78, 5) is 25.9. The molecule has 0 bridgehead atoms. The summed E-state index contributed by atoms with van der Waals surface area (Å²) in [6.45, 7) is 5.92. The van der Waals surface area contributed by atoms with E-state index in [9.17, 15) is 9.59 Å². The molecule has 2 heterocycles. The Labute approximate surface area is 112 Å². The van der Waals surface area contributed by atoms with E-state index in [-0.39, 0.29) is 23.6 Å². The number of nitrogens with one attached hydrogen (secondary N) is 2. The molecule has 1 aromatic rings. The molecule has 1 aliphatic heterocycles. The van der Waals surface area contributed by atoms with Gasteiger partial charge in [-0.15, -0.1) is 0 Å². The van der Waals surface area contributed by atoms with Gasteiger partial charge in [-0.3, -0.25) is 9.59 Å². The topological polar surface area (TPSA) is 74.6 Å². The van der Waals surface area contributed by atoms with Gasteiger partial charge in [0.25, 0.3) is 5.91 Å². The van der Waals surface area contributed by atoms with Crippen LogP contribution in [0.3, 0.4) is 0 Å². The summed E-state index contributed by atoms with van der Waals surface area (Å²) in [5, 5.41) is 5.88. The first kappa shape index (κ1) is 13.6. The number of carbonyl (C=O) groups is 2. The highest BCUT2D eigenvalue weighted by molar-refractivity contribution is 5.95. The van der Waals surface area contributed by atoms with Crippen LogP contribution >= 0.6 is 0 Å². The number of carbonyl (C=O) groups excluding carboxylic acids is 2. The number of furan rings is 1. The minimum absolute atomic E-state index is 0.0612. The molecule has 0 aromatic carbocycles. The van der Waals surface area contributed by atoms with Gasteiger partial charge in [-0.25, -0.2) is 0 Å². The maximum Gasteiger partial charge on any atom is 0.287 e. The molecule has 6 heteroatoms. The predicted molar refractivity (Wildman–Crippen MR) is 69.7 cm³/mol. The lowest BCUT2D eigenvalue weighted by atomic mass is 10.1. The Hall–Kier alpha value is -1.82. The van der Waals surface area contributed by atoms with Gasteiger partial charge >= 0.3 is 0 Å². The van der Waals surface area contributed by atoms with E-state index >= 15 is 0 Å². The van der Waals surface area contributed by atoms with E-state index in [1.165, 1.54) is 6.26 Å². The van der Waals surface area contributed by atoms with Crippen LogP contribution < -0.4 is 10.6 Å². The summed E-state index contributed by atoms with van der Waals surface area (Å²) in [6.07, 6.45) is 1.43. The zero-order chi connectivity index (χ0) is 13.8. The van der Waals surface area contributed by atoms with Crippen LogP contribution in [0.5, 0.6) is 0 Å². The fraction of sp³-hybridized carbons (Fsp3) is 0.538. The Morgan fingerprint density at radius 3 is 3.00 bits per heavy atom. The van der Waals surface area contributed by atoms with Crippen LogP contribution in [0, 0.1) is 0 Å². The zero-order valence-electron chi connectivity index (χ0n) is 11.2. The molecule has 1 unspecified atom stereocenters. The Bertz CT molecular complexity index is 444. The summed E-state index contributed by atoms with van der Waals surface area (Å²) in [7, 11) is 0. The molecule has 0 spiro atoms. The minimum atomic E-state index is -0.557. The van der Waals surface area contributed by atoms with Gasteiger partial charge in [-0.2, -0.15) is 0 Å². The second-order valence-corrected chi connectivity index (χ2v) is 4.76. The Kier molecular flexibility index (Phi) is 4.21. The third-order valence-corrected chi connectivity index (χ3v) is 3.25. The molecule has 1 fully saturated rings. The summed E-state index contributed by atoms with van der Waals surface area (Å²) in [5.74, 6) is -0.212. The average molecular weight is 265 g/mol. The van der Waals surface area contributed by atoms with E-state index in [2.05, 4.69) is 10.6 Å². The van der Waals surface area contributed by atoms with Gasteiger partial charge < -0.3 is 20.0 Å². The quantitative estimate of drug-likeness (QED) is 0.820. The molecule has 1 aliphatic rings. The highest BCUT2D eigenvalue weighted by Gasteiger charge is 2.28. The molecule has 19 heavy (non-hydrogen) atoms. The molecular formula is C13H19N3O3. The third kappa shape index (κ3) is 3.14. The Balaban J connectivity index is 1.93. The molecule has 1 aromatic heterocycles. The molecule has 1 saturated heterocycles. The molecule has 2 atom stereocenters. The van der Waals surface area contributed by atoms with E-state index in [4.69, 9.17) is 4.42 Å². The first-order chi connectivity index (χ1) is 9.09. The number of piperazine rings is 1. The van der Waals surface area contributed by atoms with E-state index < -0.39 is 6.04 Å². The third-order valence-electron chi connectivity index (χ3n) is 3.25. The van der Waals surface area contributed by atoms with Gasteiger partial charge in [-0.1, -0.05) is 0 Å². The number of hydrogen-bond acceptors (Lipinski definition) is 4. The summed E-state index contributed by atoms with van der Waals surface area (Å²) in [5.41, 5.74) is 0. The molecular weight excluding hydrogens is 246 g/mol. The van der Waals surface area contributed by atoms with Crippen molar-refractivity contribution in [3.05, 3.63) is 24.2 Å². The van der Waals surface area contributed by atoms with Crippen molar-refractivity contribution in [3.8, 4) is 0 Å². The predicted octanol–water partition coefficient (Wildman–Crippen LogP) is 0.218. The van der Waals surface area contributed by atoms with Gasteiger partial charge in [0, 0.05) is 25.7 Å². The van der Waals surface area contributed by atoms with Crippen molar-refractivity contribution in [2.75, 3.05) is 19.6 Å². The van der Waals surface area contributed by atoms with Crippen molar-refractivity contribution < 1.29 is 14.0 Å². The second-order valence-electron chi connectivity index (χ2n) is 4.76. The van der Waals surface area contributed by atoms with Crippen molar-refractivity contribution in [2.45, 2.75) is 25.9 Å². The van der Waals surface area contributed by atoms with Crippen LogP contribution in [-0.4, -0.2) is 48.4 Å². The fourth-order valence-corrected chi connectivity index (χ4v) is 2.15. The maximum absolute atomic E-state index is 12.3. The largest absolute Gasteiger partial charge is 0.459 e. The van der Waals surface area contributed by atoms with Gasteiger partial charge in [0.15, 0.2) is 5.76 Å². The lowest BCUT2D eigenvalue weighted by Gasteiger charge is -2.35. The van der Waals surface area contributed by atoms with Crippen LogP contribution in [0.15, 0.2) is 22.8 Å². The van der Waals surface area contributed by atoms with Crippen molar-refractivity contribution in [2.24, 2.45) is 0 Å². The first-order valence-electron chi connectivity index (χ1n) is 6.45. The smallest absolute Gasteiger partial charge is 0.287 e. The second kappa shape index (κ2) is 5.88. The van der Waals surface area contributed by atoms with Crippen LogP contribution in [-0.2, 0) is 4.79 Å². The van der Waals surface area contributed by atoms with Gasteiger partial charge in [0.2, 0.25) is 5.91 Å². The summed E-state index contributed by atoms with van der Waals surface area (Å²) in [6, 6.07) is 2.79. The van der Waals surface area contributed by atoms with E-state index in [1.807, 2.05) is 6.92 Å². The van der Waals surface area contributed by atoms with Crippen LogP contribution in [0.25, 0.3) is 0 Å². The lowest BCUT2D eigenvalue weighted by molar-refractivity contribution is -0.135. The first-order valence-corrected chi connectivity index (χ1v) is 6.45. The van der Waals surface area contributed by atoms with Crippen molar-refractivity contribution in [1.29, 1.82) is 0 Å². The molecule has 6 nitrogen and oxygen atoms in total. The molecule has 2 rings (SSSR count). The van der Waals surface area contributed by atoms with Gasteiger partial charge in [0.05, 0.1) is 6.26 Å². The van der Waals surface area contributed by atoms with E-state index in [1.54, 1.807) is 24.0 Å². The average Bonchev–Trinajstić information content (AvgIpc) is 2.92. The monoisotopic (exact) mass is 265 g/mol. The minimum Gasteiger partial charge on any atom is -0.459 e. The van der Waals surface area contributed by atoms with Crippen molar-refractivity contribution in [3.63, 3.8) is 0 Å². The number of rotatable bonds is 3. The molecule has 2 N–H and O–H groups in total. The van der Waals surface area contributed by atoms with Crippen LogP contribution in [0.1, 0.15) is 24.4 Å². The lowest BCUT2D eigenvalue weighted by Crippen LogP contribution is -2.57. The Morgan fingerprint density at radius 2 is 2.37 bits per heavy atom. The molecule has 0 radical (unpaired) electrons. The standard InChI is InChI=1S/C13H19N3O3/c1-9-8-14-5-6-16(9)13(18)10(2)15-12(17)11-4-3-7-19-11/h3-4,7,9-10,14H,5-6,8H2,1-2H3,(H,15,17)/t9-,10?/m0/s1. The molecule has 0 saturated carbocycles. The normalized spacial score (nSPS) is 20.9. The van der Waals surface area contributed by atoms with Crippen molar-refractivity contribution in [1.82, 2.24) is 15.5 Å². The molecule has 2 amide bonds. The van der Waals surface area contributed by atoms with Gasteiger partial charge in [-0.05, 0) is 26.0 Å². The highest BCUT2D eigenvalue weighted by atomic mass is 16.3. The number of amides is 2. The maximum atomic E-state index is 12.3. The Morgan fingerprint density at radius 1 is 1.58 bits per heavy atom. The highest BCUT2D eigenvalue weighted by Crippen LogP contribution is 2.06. The van der Waals surface area contributed by atoms with Crippen molar-refractivity contribution >= 4 is 11.8 Å². The fourth-order valence-electron chi connectivity index (χ4n) is 2.15. The number of nitrogens with zero attached hydrogens (tertiary/aromatic N) is 1. The van der Waals surface area contributed by atoms with Crippen LogP contribution in [0.2, 0.25) is 0 Å². The zero-order valence-corrected chi connectivity index (χ0v) is 11.2. The molecule has 104 valence electrons. The van der Waals surface area contributed by atoms with E-state index in [0.29, 0.717) is 6.54 Å².